The van der Waals surface area contributed by atoms with Gasteiger partial charge in [-0.05, 0) is 27.0 Å². The molecule has 0 aromatic heterocycles. The Morgan fingerprint density at radius 3 is 2.37 bits per heavy atom. The summed E-state index contributed by atoms with van der Waals surface area (Å²) in [6.07, 6.45) is 0. The first kappa shape index (κ1) is 14.4. The highest BCUT2D eigenvalue weighted by Gasteiger charge is 2.31. The zero-order chi connectivity index (χ0) is 14.0. The van der Waals surface area contributed by atoms with Crippen molar-refractivity contribution in [2.24, 2.45) is 5.73 Å². The van der Waals surface area contributed by atoms with Gasteiger partial charge in [-0.15, -0.1) is 0 Å². The molecular weight excluding hydrogens is 241 g/mol. The Morgan fingerprint density at radius 2 is 1.84 bits per heavy atom. The minimum Gasteiger partial charge on any atom is -0.329 e. The van der Waals surface area contributed by atoms with Crippen LogP contribution in [0, 0.1) is 5.82 Å². The second-order valence-electron chi connectivity index (χ2n) is 5.59. The van der Waals surface area contributed by atoms with Gasteiger partial charge < -0.3 is 5.73 Å². The molecule has 1 heterocycles. The Morgan fingerprint density at radius 1 is 1.26 bits per heavy atom. The predicted octanol–water partition coefficient (Wildman–Crippen LogP) is 1.85. The number of hydrogen-bond donors (Lipinski definition) is 1. The number of benzene rings is 1. The van der Waals surface area contributed by atoms with Gasteiger partial charge in [0.15, 0.2) is 0 Å². The average Bonchev–Trinajstić information content (AvgIpc) is 2.39. The molecule has 0 saturated carbocycles. The lowest BCUT2D eigenvalue weighted by Crippen LogP contribution is -2.56. The summed E-state index contributed by atoms with van der Waals surface area (Å²) in [6.45, 7) is 6.72. The van der Waals surface area contributed by atoms with E-state index < -0.39 is 0 Å². The third-order valence-corrected chi connectivity index (χ3v) is 4.32. The summed E-state index contributed by atoms with van der Waals surface area (Å²) in [7, 11) is 2.15. The second-order valence-corrected chi connectivity index (χ2v) is 5.59. The molecule has 1 aromatic rings. The quantitative estimate of drug-likeness (QED) is 0.905. The van der Waals surface area contributed by atoms with Crippen molar-refractivity contribution in [1.82, 2.24) is 9.80 Å². The average molecular weight is 265 g/mol. The number of nitrogens with zero attached hydrogens (tertiary/aromatic N) is 2. The first-order valence-corrected chi connectivity index (χ1v) is 6.95. The maximum atomic E-state index is 14.0. The van der Waals surface area contributed by atoms with Gasteiger partial charge in [0.2, 0.25) is 0 Å². The largest absolute Gasteiger partial charge is 0.329 e. The highest BCUT2D eigenvalue weighted by atomic mass is 19.1. The van der Waals surface area contributed by atoms with E-state index in [2.05, 4.69) is 30.7 Å². The molecule has 0 amide bonds. The van der Waals surface area contributed by atoms with Gasteiger partial charge >= 0.3 is 0 Å². The van der Waals surface area contributed by atoms with E-state index in [0.717, 1.165) is 13.1 Å². The SMILES string of the molecule is CC1CN(C(CN)c2ccccc2F)CC(C)N1C. The molecule has 1 fully saturated rings. The Labute approximate surface area is 115 Å². The van der Waals surface area contributed by atoms with E-state index in [1.165, 1.54) is 6.07 Å². The van der Waals surface area contributed by atoms with E-state index in [1.807, 2.05) is 12.1 Å². The van der Waals surface area contributed by atoms with Crippen molar-refractivity contribution in [2.75, 3.05) is 26.7 Å². The molecule has 3 atom stereocenters. The minimum absolute atomic E-state index is 0.0280. The molecule has 2 N–H and O–H groups in total. The zero-order valence-electron chi connectivity index (χ0n) is 12.0. The van der Waals surface area contributed by atoms with Gasteiger partial charge in [0.05, 0.1) is 6.04 Å². The zero-order valence-corrected chi connectivity index (χ0v) is 12.0. The van der Waals surface area contributed by atoms with Crippen LogP contribution in [0.25, 0.3) is 0 Å². The molecule has 106 valence electrons. The van der Waals surface area contributed by atoms with Crippen molar-refractivity contribution in [3.63, 3.8) is 0 Å². The molecule has 19 heavy (non-hydrogen) atoms. The number of likely N-dealkylation sites (N-methyl/N-ethyl adjacent to an activating group) is 1. The van der Waals surface area contributed by atoms with E-state index >= 15 is 0 Å². The molecule has 1 saturated heterocycles. The van der Waals surface area contributed by atoms with Crippen LogP contribution in [0.4, 0.5) is 4.39 Å². The summed E-state index contributed by atoms with van der Waals surface area (Å²) in [6, 6.07) is 7.86. The maximum absolute atomic E-state index is 14.0. The molecule has 1 aliphatic heterocycles. The Balaban J connectivity index is 2.21. The lowest BCUT2D eigenvalue weighted by atomic mass is 10.0. The van der Waals surface area contributed by atoms with Gasteiger partial charge in [0, 0.05) is 37.3 Å². The smallest absolute Gasteiger partial charge is 0.128 e. The summed E-state index contributed by atoms with van der Waals surface area (Å²) in [4.78, 5) is 4.68. The number of rotatable bonds is 3. The van der Waals surface area contributed by atoms with Crippen LogP contribution in [0.1, 0.15) is 25.5 Å². The molecule has 0 bridgehead atoms. The molecule has 0 spiro atoms. The molecular formula is C15H24FN3. The van der Waals surface area contributed by atoms with Gasteiger partial charge in [-0.2, -0.15) is 0 Å². The Bertz CT molecular complexity index is 412. The lowest BCUT2D eigenvalue weighted by molar-refractivity contribution is 0.0343. The monoisotopic (exact) mass is 265 g/mol. The van der Waals surface area contributed by atoms with Crippen molar-refractivity contribution in [3.8, 4) is 0 Å². The fraction of sp³-hybridized carbons (Fsp3) is 0.600. The molecule has 3 nitrogen and oxygen atoms in total. The maximum Gasteiger partial charge on any atom is 0.128 e. The molecule has 1 aliphatic rings. The number of hydrogen-bond acceptors (Lipinski definition) is 3. The summed E-state index contributed by atoms with van der Waals surface area (Å²) < 4.78 is 14.0. The van der Waals surface area contributed by atoms with Crippen LogP contribution in [0.2, 0.25) is 0 Å². The minimum atomic E-state index is -0.155. The van der Waals surface area contributed by atoms with Crippen LogP contribution < -0.4 is 5.73 Å². The van der Waals surface area contributed by atoms with Crippen LogP contribution in [0.3, 0.4) is 0 Å². The molecule has 4 heteroatoms. The summed E-state index contributed by atoms with van der Waals surface area (Å²) in [5.74, 6) is -0.155. The molecule has 0 radical (unpaired) electrons. The normalized spacial score (nSPS) is 27.4. The van der Waals surface area contributed by atoms with Crippen molar-refractivity contribution in [1.29, 1.82) is 0 Å². The van der Waals surface area contributed by atoms with E-state index in [1.54, 1.807) is 6.07 Å². The van der Waals surface area contributed by atoms with Crippen LogP contribution in [0.5, 0.6) is 0 Å². The van der Waals surface area contributed by atoms with Gasteiger partial charge in [-0.25, -0.2) is 4.39 Å². The van der Waals surface area contributed by atoms with E-state index in [4.69, 9.17) is 5.73 Å². The first-order valence-electron chi connectivity index (χ1n) is 6.95. The van der Waals surface area contributed by atoms with E-state index in [0.29, 0.717) is 24.2 Å². The number of halogens is 1. The highest BCUT2D eigenvalue weighted by molar-refractivity contribution is 5.22. The van der Waals surface area contributed by atoms with Gasteiger partial charge in [-0.3, -0.25) is 9.80 Å². The third kappa shape index (κ3) is 2.96. The van der Waals surface area contributed by atoms with E-state index in [9.17, 15) is 4.39 Å². The fourth-order valence-electron chi connectivity index (χ4n) is 2.92. The summed E-state index contributed by atoms with van der Waals surface area (Å²) >= 11 is 0. The Hall–Kier alpha value is -0.970. The van der Waals surface area contributed by atoms with Gasteiger partial charge in [-0.1, -0.05) is 18.2 Å². The topological polar surface area (TPSA) is 32.5 Å². The fourth-order valence-corrected chi connectivity index (χ4v) is 2.92. The summed E-state index contributed by atoms with van der Waals surface area (Å²) in [5, 5.41) is 0. The predicted molar refractivity (Wildman–Crippen MR) is 76.5 cm³/mol. The third-order valence-electron chi connectivity index (χ3n) is 4.32. The van der Waals surface area contributed by atoms with Gasteiger partial charge in [0.25, 0.3) is 0 Å². The van der Waals surface area contributed by atoms with Crippen molar-refractivity contribution >= 4 is 0 Å². The van der Waals surface area contributed by atoms with Crippen LogP contribution in [-0.4, -0.2) is 48.6 Å². The molecule has 1 aromatic carbocycles. The second kappa shape index (κ2) is 5.99. The van der Waals surface area contributed by atoms with Crippen molar-refractivity contribution < 1.29 is 4.39 Å². The van der Waals surface area contributed by atoms with E-state index in [-0.39, 0.29) is 11.9 Å². The molecule has 0 aliphatic carbocycles. The van der Waals surface area contributed by atoms with Crippen LogP contribution in [0.15, 0.2) is 24.3 Å². The van der Waals surface area contributed by atoms with Gasteiger partial charge in [0.1, 0.15) is 5.82 Å². The van der Waals surface area contributed by atoms with Crippen molar-refractivity contribution in [3.05, 3.63) is 35.6 Å². The number of piperazine rings is 1. The first-order chi connectivity index (χ1) is 9.04. The Kier molecular flexibility index (Phi) is 4.55. The van der Waals surface area contributed by atoms with Crippen LogP contribution in [-0.2, 0) is 0 Å². The molecule has 2 rings (SSSR count). The number of nitrogens with two attached hydrogens (primary N) is 1. The van der Waals surface area contributed by atoms with Crippen molar-refractivity contribution in [2.45, 2.75) is 32.0 Å². The molecule has 3 unspecified atom stereocenters. The standard InChI is InChI=1S/C15H24FN3/c1-11-9-19(10-12(2)18(11)3)15(8-17)13-6-4-5-7-14(13)16/h4-7,11-12,15H,8-10,17H2,1-3H3. The van der Waals surface area contributed by atoms with Crippen LogP contribution >= 0.6 is 0 Å². The summed E-state index contributed by atoms with van der Waals surface area (Å²) in [5.41, 5.74) is 6.62. The lowest BCUT2D eigenvalue weighted by Gasteiger charge is -2.45. The highest BCUT2D eigenvalue weighted by Crippen LogP contribution is 2.26.